The highest BCUT2D eigenvalue weighted by molar-refractivity contribution is 9.10. The topological polar surface area (TPSA) is 105 Å². The molecule has 9 nitrogen and oxygen atoms in total. The van der Waals surface area contributed by atoms with E-state index in [4.69, 9.17) is 9.47 Å². The molecule has 1 heterocycles. The van der Waals surface area contributed by atoms with E-state index < -0.39 is 28.5 Å². The van der Waals surface area contributed by atoms with Crippen molar-refractivity contribution in [2.75, 3.05) is 23.9 Å². The summed E-state index contributed by atoms with van der Waals surface area (Å²) in [5, 5.41) is 3.21. The van der Waals surface area contributed by atoms with Gasteiger partial charge in [0.05, 0.1) is 11.9 Å². The maximum Gasteiger partial charge on any atom is 0.244 e. The number of amides is 2. The van der Waals surface area contributed by atoms with Crippen molar-refractivity contribution in [2.45, 2.75) is 57.2 Å². The molecule has 2 aliphatic rings. The number of hydrogen-bond acceptors (Lipinski definition) is 6. The SMILES string of the molecule is CS(=O)(=O)N(CC(=O)N(Cc1cccc(Br)c1)[C@H](Cc1ccccc1)C(=O)NC1CCCCC1)c1ccc2c(c1)OCO2. The molecule has 43 heavy (non-hydrogen) atoms. The molecule has 0 spiro atoms. The smallest absolute Gasteiger partial charge is 0.244 e. The Kier molecular flexibility index (Phi) is 9.92. The van der Waals surface area contributed by atoms with Crippen molar-refractivity contribution in [1.82, 2.24) is 10.2 Å². The van der Waals surface area contributed by atoms with Gasteiger partial charge in [0.25, 0.3) is 0 Å². The van der Waals surface area contributed by atoms with Crippen molar-refractivity contribution in [3.05, 3.63) is 88.4 Å². The molecule has 1 saturated carbocycles. The van der Waals surface area contributed by atoms with E-state index in [1.807, 2.05) is 54.6 Å². The van der Waals surface area contributed by atoms with Crippen molar-refractivity contribution < 1.29 is 27.5 Å². The van der Waals surface area contributed by atoms with Gasteiger partial charge < -0.3 is 19.7 Å². The third-order valence-electron chi connectivity index (χ3n) is 7.79. The van der Waals surface area contributed by atoms with Crippen LogP contribution in [0.2, 0.25) is 0 Å². The molecule has 1 aliphatic carbocycles. The van der Waals surface area contributed by atoms with Crippen LogP contribution < -0.4 is 19.1 Å². The first-order valence-corrected chi connectivity index (χ1v) is 17.1. The predicted molar refractivity (Wildman–Crippen MR) is 168 cm³/mol. The molecule has 0 saturated heterocycles. The van der Waals surface area contributed by atoms with Gasteiger partial charge in [-0.05, 0) is 48.2 Å². The van der Waals surface area contributed by atoms with Crippen LogP contribution in [0.3, 0.4) is 0 Å². The molecule has 1 atom stereocenters. The molecule has 1 aliphatic heterocycles. The summed E-state index contributed by atoms with van der Waals surface area (Å²) in [4.78, 5) is 29.8. The number of sulfonamides is 1. The highest BCUT2D eigenvalue weighted by Gasteiger charge is 2.34. The normalized spacial score (nSPS) is 15.5. The first-order valence-electron chi connectivity index (χ1n) is 14.4. The molecule has 0 radical (unpaired) electrons. The van der Waals surface area contributed by atoms with Crippen LogP contribution in [0.4, 0.5) is 5.69 Å². The zero-order valence-corrected chi connectivity index (χ0v) is 26.5. The fraction of sp³-hybridized carbons (Fsp3) is 0.375. The Morgan fingerprint density at radius 1 is 0.930 bits per heavy atom. The summed E-state index contributed by atoms with van der Waals surface area (Å²) in [6.45, 7) is -0.338. The Labute approximate surface area is 261 Å². The number of ether oxygens (including phenoxy) is 2. The molecule has 0 unspecified atom stereocenters. The van der Waals surface area contributed by atoms with Gasteiger partial charge in [0.1, 0.15) is 12.6 Å². The number of fused-ring (bicyclic) bond motifs is 1. The van der Waals surface area contributed by atoms with Crippen LogP contribution >= 0.6 is 15.9 Å². The minimum atomic E-state index is -3.89. The Morgan fingerprint density at radius 2 is 1.65 bits per heavy atom. The fourth-order valence-electron chi connectivity index (χ4n) is 5.58. The summed E-state index contributed by atoms with van der Waals surface area (Å²) in [6.07, 6.45) is 6.38. The van der Waals surface area contributed by atoms with E-state index in [0.717, 1.165) is 58.3 Å². The van der Waals surface area contributed by atoms with Gasteiger partial charge in [0, 0.05) is 29.5 Å². The van der Waals surface area contributed by atoms with Gasteiger partial charge in [0.2, 0.25) is 28.6 Å². The third kappa shape index (κ3) is 8.08. The lowest BCUT2D eigenvalue weighted by molar-refractivity contribution is -0.140. The maximum atomic E-state index is 14.3. The van der Waals surface area contributed by atoms with Crippen LogP contribution in [0.5, 0.6) is 11.5 Å². The molecular formula is C32H36BrN3O6S. The van der Waals surface area contributed by atoms with Crippen LogP contribution in [0.1, 0.15) is 43.2 Å². The van der Waals surface area contributed by atoms with E-state index >= 15 is 0 Å². The molecule has 0 aromatic heterocycles. The van der Waals surface area contributed by atoms with E-state index in [1.165, 1.54) is 4.90 Å². The number of anilines is 1. The molecule has 2 amide bonds. The quantitative estimate of drug-likeness (QED) is 0.307. The van der Waals surface area contributed by atoms with E-state index in [1.54, 1.807) is 18.2 Å². The molecule has 3 aromatic rings. The summed E-state index contributed by atoms with van der Waals surface area (Å²) < 4.78 is 38.8. The second-order valence-electron chi connectivity index (χ2n) is 11.0. The minimum Gasteiger partial charge on any atom is -0.454 e. The van der Waals surface area contributed by atoms with Crippen molar-refractivity contribution in [2.24, 2.45) is 0 Å². The second kappa shape index (κ2) is 13.8. The highest BCUT2D eigenvalue weighted by atomic mass is 79.9. The summed E-state index contributed by atoms with van der Waals surface area (Å²) >= 11 is 3.50. The van der Waals surface area contributed by atoms with Crippen LogP contribution in [-0.4, -0.2) is 56.8 Å². The number of carbonyl (C=O) groups excluding carboxylic acids is 2. The van der Waals surface area contributed by atoms with Crippen molar-refractivity contribution in [1.29, 1.82) is 0 Å². The fourth-order valence-corrected chi connectivity index (χ4v) is 6.87. The van der Waals surface area contributed by atoms with Gasteiger partial charge in [-0.15, -0.1) is 0 Å². The lowest BCUT2D eigenvalue weighted by Crippen LogP contribution is -2.55. The number of nitrogens with one attached hydrogen (secondary N) is 1. The molecule has 1 fully saturated rings. The van der Waals surface area contributed by atoms with E-state index in [-0.39, 0.29) is 37.4 Å². The number of rotatable bonds is 11. The van der Waals surface area contributed by atoms with Gasteiger partial charge in [-0.2, -0.15) is 0 Å². The van der Waals surface area contributed by atoms with Crippen molar-refractivity contribution in [3.63, 3.8) is 0 Å². The van der Waals surface area contributed by atoms with E-state index in [2.05, 4.69) is 21.2 Å². The summed E-state index contributed by atoms with van der Waals surface area (Å²) in [5.41, 5.74) is 1.98. The summed E-state index contributed by atoms with van der Waals surface area (Å²) in [6, 6.07) is 21.0. The van der Waals surface area contributed by atoms with Crippen LogP contribution in [0, 0.1) is 0 Å². The minimum absolute atomic E-state index is 0.0360. The zero-order valence-electron chi connectivity index (χ0n) is 24.1. The van der Waals surface area contributed by atoms with Crippen molar-refractivity contribution in [3.8, 4) is 11.5 Å². The van der Waals surface area contributed by atoms with Gasteiger partial charge in [-0.3, -0.25) is 13.9 Å². The van der Waals surface area contributed by atoms with Gasteiger partial charge in [-0.25, -0.2) is 8.42 Å². The molecule has 5 rings (SSSR count). The van der Waals surface area contributed by atoms with Crippen LogP contribution in [-0.2, 0) is 32.6 Å². The average molecular weight is 671 g/mol. The summed E-state index contributed by atoms with van der Waals surface area (Å²) in [5.74, 6) is 0.163. The lowest BCUT2D eigenvalue weighted by Gasteiger charge is -2.35. The maximum absolute atomic E-state index is 14.3. The van der Waals surface area contributed by atoms with Crippen LogP contribution in [0.25, 0.3) is 0 Å². The molecule has 3 aromatic carbocycles. The first-order chi connectivity index (χ1) is 20.7. The number of nitrogens with zero attached hydrogens (tertiary/aromatic N) is 2. The second-order valence-corrected chi connectivity index (χ2v) is 13.8. The Morgan fingerprint density at radius 3 is 2.37 bits per heavy atom. The molecule has 228 valence electrons. The Hall–Kier alpha value is -3.57. The Balaban J connectivity index is 1.50. The highest BCUT2D eigenvalue weighted by Crippen LogP contribution is 2.36. The predicted octanol–water partition coefficient (Wildman–Crippen LogP) is 5.03. The van der Waals surface area contributed by atoms with Crippen molar-refractivity contribution >= 4 is 43.5 Å². The third-order valence-corrected chi connectivity index (χ3v) is 9.42. The Bertz CT molecular complexity index is 1550. The average Bonchev–Trinajstić information content (AvgIpc) is 3.46. The molecular weight excluding hydrogens is 634 g/mol. The number of carbonyl (C=O) groups is 2. The molecule has 0 bridgehead atoms. The van der Waals surface area contributed by atoms with E-state index in [0.29, 0.717) is 11.5 Å². The van der Waals surface area contributed by atoms with Gasteiger partial charge >= 0.3 is 0 Å². The van der Waals surface area contributed by atoms with Gasteiger partial charge in [-0.1, -0.05) is 77.7 Å². The molecule has 1 N–H and O–H groups in total. The largest absolute Gasteiger partial charge is 0.454 e. The van der Waals surface area contributed by atoms with Gasteiger partial charge in [0.15, 0.2) is 11.5 Å². The van der Waals surface area contributed by atoms with Crippen LogP contribution in [0.15, 0.2) is 77.3 Å². The standard InChI is InChI=1S/C32H36BrN3O6S/c1-43(39,40)36(27-15-16-29-30(19-27)42-22-41-29)21-31(37)35(20-24-11-8-12-25(33)17-24)28(18-23-9-4-2-5-10-23)32(38)34-26-13-6-3-7-14-26/h2,4-5,8-12,15-17,19,26,28H,3,6-7,13-14,18,20-22H2,1H3,(H,34,38)/t28-/m1/s1. The number of hydrogen-bond donors (Lipinski definition) is 1. The first kappa shape index (κ1) is 30.9. The number of halogens is 1. The number of benzene rings is 3. The lowest BCUT2D eigenvalue weighted by atomic mass is 9.94. The monoisotopic (exact) mass is 669 g/mol. The molecule has 11 heteroatoms. The van der Waals surface area contributed by atoms with E-state index in [9.17, 15) is 18.0 Å². The summed E-state index contributed by atoms with van der Waals surface area (Å²) in [7, 11) is -3.89. The zero-order chi connectivity index (χ0) is 30.4.